The Morgan fingerprint density at radius 1 is 1.00 bits per heavy atom. The highest BCUT2D eigenvalue weighted by Gasteiger charge is 2.64. The number of fused-ring (bicyclic) bond motifs is 5. The number of sulfonamides is 1. The molecule has 0 saturated heterocycles. The molecule has 0 heterocycles. The molecule has 1 unspecified atom stereocenters. The summed E-state index contributed by atoms with van der Waals surface area (Å²) in [5.74, 6) is 2.11. The van der Waals surface area contributed by atoms with Gasteiger partial charge in [0.25, 0.3) is 10.0 Å². The second-order valence-corrected chi connectivity index (χ2v) is 16.4. The molecule has 11 atom stereocenters. The number of methoxy groups -OCH3 is 1. The molecule has 1 aromatic rings. The van der Waals surface area contributed by atoms with Crippen molar-refractivity contribution in [2.45, 2.75) is 103 Å². The van der Waals surface area contributed by atoms with Crippen LogP contribution in [0.2, 0.25) is 0 Å². The number of hydrogen-bond acceptors (Lipinski definition) is 7. The average Bonchev–Trinajstić information content (AvgIpc) is 3.34. The van der Waals surface area contributed by atoms with Gasteiger partial charge in [0.1, 0.15) is 0 Å². The SMILES string of the molecule is CC[C@H]1[C@@H](O)[C@H]2[C@@H]3CC[C@H]([C@H](C)CCNC(=O)NS(=O)(=O)c4ccc(C(=O)OC)cc4)C3(C)CC[C@@H]2[C@@]2(C)CC[C@@H](O)C[C@@H]12. The largest absolute Gasteiger partial charge is 0.465 e. The molecular weight excluding hydrogens is 580 g/mol. The van der Waals surface area contributed by atoms with Crippen molar-refractivity contribution in [2.24, 2.45) is 52.3 Å². The van der Waals surface area contributed by atoms with E-state index in [0.717, 1.165) is 57.8 Å². The number of esters is 1. The van der Waals surface area contributed by atoms with Gasteiger partial charge in [-0.3, -0.25) is 0 Å². The standard InChI is InChI=1S/C34H52N2O7S/c1-6-24-28-19-22(37)13-16-34(28,4)27-14-17-33(3)25(11-12-26(33)29(27)30(24)38)20(2)15-18-35-32(40)36-44(41,42)23-9-7-21(8-10-23)31(39)43-5/h7-10,20,22,24-30,37-38H,6,11-19H2,1-5H3,(H2,35,36,40)/t20-,22-,24-,25-,26+,27+,28+,29+,30-,33?,34-/m1/s1. The Hall–Kier alpha value is -2.17. The van der Waals surface area contributed by atoms with Gasteiger partial charge in [0.15, 0.2) is 0 Å². The zero-order valence-electron chi connectivity index (χ0n) is 26.9. The Balaban J connectivity index is 1.19. The number of hydrogen-bond donors (Lipinski definition) is 4. The Labute approximate surface area is 263 Å². The van der Waals surface area contributed by atoms with E-state index in [9.17, 15) is 28.2 Å². The zero-order chi connectivity index (χ0) is 32.0. The summed E-state index contributed by atoms with van der Waals surface area (Å²) in [6.07, 6.45) is 8.34. The van der Waals surface area contributed by atoms with Crippen LogP contribution >= 0.6 is 0 Å². The van der Waals surface area contributed by atoms with Gasteiger partial charge in [0.05, 0.1) is 29.8 Å². The molecule has 246 valence electrons. The van der Waals surface area contributed by atoms with Gasteiger partial charge in [-0.25, -0.2) is 22.7 Å². The molecule has 0 aromatic heterocycles. The second kappa shape index (κ2) is 12.6. The maximum Gasteiger partial charge on any atom is 0.337 e. The molecule has 4 aliphatic carbocycles. The Bertz CT molecular complexity index is 1320. The summed E-state index contributed by atoms with van der Waals surface area (Å²) in [4.78, 5) is 24.1. The lowest BCUT2D eigenvalue weighted by molar-refractivity contribution is -0.203. The molecule has 5 rings (SSSR count). The van der Waals surface area contributed by atoms with Crippen LogP contribution in [-0.2, 0) is 14.8 Å². The monoisotopic (exact) mass is 632 g/mol. The lowest BCUT2D eigenvalue weighted by Crippen LogP contribution is -2.62. The van der Waals surface area contributed by atoms with Crippen LogP contribution in [0.1, 0.15) is 95.8 Å². The third-order valence-corrected chi connectivity index (χ3v) is 14.2. The summed E-state index contributed by atoms with van der Waals surface area (Å²) < 4.78 is 32.1. The first-order valence-electron chi connectivity index (χ1n) is 16.6. The molecule has 4 fully saturated rings. The second-order valence-electron chi connectivity index (χ2n) is 14.8. The molecule has 4 saturated carbocycles. The van der Waals surface area contributed by atoms with Crippen LogP contribution in [0.4, 0.5) is 4.79 Å². The fourth-order valence-electron chi connectivity index (χ4n) is 10.7. The summed E-state index contributed by atoms with van der Waals surface area (Å²) in [6.45, 7) is 9.70. The van der Waals surface area contributed by atoms with E-state index >= 15 is 0 Å². The summed E-state index contributed by atoms with van der Waals surface area (Å²) in [5, 5.41) is 25.2. The molecule has 10 heteroatoms. The molecule has 9 nitrogen and oxygen atoms in total. The number of rotatable bonds is 8. The van der Waals surface area contributed by atoms with Crippen molar-refractivity contribution in [1.29, 1.82) is 0 Å². The summed E-state index contributed by atoms with van der Waals surface area (Å²) >= 11 is 0. The molecule has 0 spiro atoms. The number of benzene rings is 1. The fraction of sp³-hybridized carbons (Fsp3) is 0.765. The third-order valence-electron chi connectivity index (χ3n) is 12.8. The van der Waals surface area contributed by atoms with Crippen LogP contribution < -0.4 is 10.0 Å². The van der Waals surface area contributed by atoms with E-state index in [1.807, 2.05) is 0 Å². The number of nitrogens with one attached hydrogen (secondary N) is 2. The van der Waals surface area contributed by atoms with Gasteiger partial charge in [-0.15, -0.1) is 0 Å². The molecule has 0 radical (unpaired) electrons. The number of carbonyl (C=O) groups excluding carboxylic acids is 2. The van der Waals surface area contributed by atoms with E-state index in [-0.39, 0.29) is 39.4 Å². The average molecular weight is 633 g/mol. The molecule has 44 heavy (non-hydrogen) atoms. The van der Waals surface area contributed by atoms with Crippen molar-refractivity contribution < 1.29 is 33.0 Å². The first-order chi connectivity index (χ1) is 20.8. The van der Waals surface area contributed by atoms with Crippen LogP contribution in [-0.4, -0.2) is 56.5 Å². The summed E-state index contributed by atoms with van der Waals surface area (Å²) in [6, 6.07) is 4.44. The summed E-state index contributed by atoms with van der Waals surface area (Å²) in [7, 11) is -2.85. The number of amides is 2. The Kier molecular flexibility index (Phi) is 9.47. The molecule has 0 aliphatic heterocycles. The van der Waals surface area contributed by atoms with Crippen molar-refractivity contribution >= 4 is 22.0 Å². The van der Waals surface area contributed by atoms with Crippen molar-refractivity contribution in [3.05, 3.63) is 29.8 Å². The van der Waals surface area contributed by atoms with Crippen molar-refractivity contribution in [3.63, 3.8) is 0 Å². The number of aliphatic hydroxyl groups is 2. The minimum Gasteiger partial charge on any atom is -0.465 e. The van der Waals surface area contributed by atoms with Crippen LogP contribution in [0.15, 0.2) is 29.2 Å². The van der Waals surface area contributed by atoms with Gasteiger partial charge >= 0.3 is 12.0 Å². The lowest BCUT2D eigenvalue weighted by Gasteiger charge is -2.64. The van der Waals surface area contributed by atoms with Crippen molar-refractivity contribution in [1.82, 2.24) is 10.0 Å². The minimum absolute atomic E-state index is 0.117. The highest BCUT2D eigenvalue weighted by molar-refractivity contribution is 7.90. The maximum atomic E-state index is 12.7. The molecule has 2 amide bonds. The van der Waals surface area contributed by atoms with Gasteiger partial charge in [0, 0.05) is 6.54 Å². The maximum absolute atomic E-state index is 12.7. The van der Waals surface area contributed by atoms with E-state index in [1.165, 1.54) is 31.4 Å². The molecular formula is C34H52N2O7S. The zero-order valence-corrected chi connectivity index (χ0v) is 27.7. The lowest BCUT2D eigenvalue weighted by atomic mass is 9.41. The quantitative estimate of drug-likeness (QED) is 0.292. The number of ether oxygens (including phenoxy) is 1. The van der Waals surface area contributed by atoms with E-state index < -0.39 is 22.0 Å². The molecule has 4 N–H and O–H groups in total. The van der Waals surface area contributed by atoms with Crippen LogP contribution in [0.25, 0.3) is 0 Å². The van der Waals surface area contributed by atoms with Crippen molar-refractivity contribution in [2.75, 3.05) is 13.7 Å². The van der Waals surface area contributed by atoms with E-state index in [0.29, 0.717) is 42.1 Å². The summed E-state index contributed by atoms with van der Waals surface area (Å²) in [5.41, 5.74) is 0.520. The van der Waals surface area contributed by atoms with Crippen LogP contribution in [0.3, 0.4) is 0 Å². The Morgan fingerprint density at radius 3 is 2.32 bits per heavy atom. The van der Waals surface area contributed by atoms with Gasteiger partial charge in [-0.1, -0.05) is 34.1 Å². The minimum atomic E-state index is -4.09. The van der Waals surface area contributed by atoms with Crippen LogP contribution in [0, 0.1) is 52.3 Å². The van der Waals surface area contributed by atoms with Crippen LogP contribution in [0.5, 0.6) is 0 Å². The van der Waals surface area contributed by atoms with Gasteiger partial charge < -0.3 is 20.3 Å². The number of carbonyl (C=O) groups is 2. The predicted molar refractivity (Wildman–Crippen MR) is 167 cm³/mol. The highest BCUT2D eigenvalue weighted by Crippen LogP contribution is 2.69. The molecule has 1 aromatic carbocycles. The topological polar surface area (TPSA) is 142 Å². The predicted octanol–water partition coefficient (Wildman–Crippen LogP) is 5.11. The Morgan fingerprint density at radius 2 is 1.66 bits per heavy atom. The van der Waals surface area contributed by atoms with Gasteiger partial charge in [-0.2, -0.15) is 0 Å². The number of aliphatic hydroxyl groups excluding tert-OH is 2. The van der Waals surface area contributed by atoms with Crippen molar-refractivity contribution in [3.8, 4) is 0 Å². The first kappa shape index (κ1) is 33.2. The smallest absolute Gasteiger partial charge is 0.337 e. The normalized spacial score (nSPS) is 38.9. The first-order valence-corrected chi connectivity index (χ1v) is 18.1. The van der Waals surface area contributed by atoms with Gasteiger partial charge in [0.2, 0.25) is 0 Å². The van der Waals surface area contributed by atoms with E-state index in [4.69, 9.17) is 0 Å². The fourth-order valence-corrected chi connectivity index (χ4v) is 11.6. The van der Waals surface area contributed by atoms with Gasteiger partial charge in [-0.05, 0) is 128 Å². The third kappa shape index (κ3) is 5.79. The van der Waals surface area contributed by atoms with E-state index in [1.54, 1.807) is 0 Å². The number of urea groups is 1. The highest BCUT2D eigenvalue weighted by atomic mass is 32.2. The molecule has 0 bridgehead atoms. The van der Waals surface area contributed by atoms with E-state index in [2.05, 4.69) is 42.5 Å². The molecule has 4 aliphatic rings.